The molecule has 2 rings (SSSR count). The predicted octanol–water partition coefficient (Wildman–Crippen LogP) is -0.215. The molecular formula is C12H22F2N2O4S. The van der Waals surface area contributed by atoms with Crippen LogP contribution in [-0.2, 0) is 14.8 Å². The molecule has 2 fully saturated rings. The summed E-state index contributed by atoms with van der Waals surface area (Å²) in [5, 5.41) is 10.1. The van der Waals surface area contributed by atoms with E-state index in [1.165, 1.54) is 4.90 Å². The Labute approximate surface area is 123 Å². The molecule has 0 bridgehead atoms. The van der Waals surface area contributed by atoms with Crippen molar-refractivity contribution in [2.45, 2.75) is 43.9 Å². The third-order valence-corrected chi connectivity index (χ3v) is 5.38. The zero-order valence-electron chi connectivity index (χ0n) is 12.0. The summed E-state index contributed by atoms with van der Waals surface area (Å²) in [5.74, 6) is -2.70. The van der Waals surface area contributed by atoms with Gasteiger partial charge in [-0.1, -0.05) is 6.92 Å². The van der Waals surface area contributed by atoms with Crippen molar-refractivity contribution in [3.05, 3.63) is 0 Å². The van der Waals surface area contributed by atoms with E-state index in [4.69, 9.17) is 4.74 Å². The summed E-state index contributed by atoms with van der Waals surface area (Å²) in [7, 11) is -3.44. The van der Waals surface area contributed by atoms with Crippen LogP contribution in [0.2, 0.25) is 0 Å². The Morgan fingerprint density at radius 1 is 1.48 bits per heavy atom. The van der Waals surface area contributed by atoms with E-state index in [0.29, 0.717) is 6.42 Å². The van der Waals surface area contributed by atoms with Crippen LogP contribution in [0.4, 0.5) is 8.78 Å². The van der Waals surface area contributed by atoms with Crippen LogP contribution in [0.1, 0.15) is 19.8 Å². The number of alkyl halides is 2. The predicted molar refractivity (Wildman–Crippen MR) is 72.8 cm³/mol. The van der Waals surface area contributed by atoms with Gasteiger partial charge in [-0.3, -0.25) is 4.90 Å². The fraction of sp³-hybridized carbons (Fsp3) is 1.00. The van der Waals surface area contributed by atoms with Gasteiger partial charge in [0.25, 0.3) is 5.92 Å². The van der Waals surface area contributed by atoms with Gasteiger partial charge in [-0.05, 0) is 6.42 Å². The molecule has 21 heavy (non-hydrogen) atoms. The van der Waals surface area contributed by atoms with Crippen molar-refractivity contribution < 1.29 is 27.0 Å². The normalized spacial score (nSPS) is 33.6. The van der Waals surface area contributed by atoms with Crippen LogP contribution in [0.25, 0.3) is 0 Å². The monoisotopic (exact) mass is 328 g/mol. The van der Waals surface area contributed by atoms with Crippen LogP contribution in [0.3, 0.4) is 0 Å². The Balaban J connectivity index is 1.86. The van der Waals surface area contributed by atoms with Gasteiger partial charge in [0.05, 0.1) is 37.2 Å². The third kappa shape index (κ3) is 4.56. The molecule has 0 aromatic carbocycles. The smallest absolute Gasteiger partial charge is 0.261 e. The SMILES string of the molecule is CCCS(=O)(=O)N[C@H]1CO[C@@H](CN2CCC(F)(F)C2)[C@@H]1O. The highest BCUT2D eigenvalue weighted by molar-refractivity contribution is 7.89. The second-order valence-electron chi connectivity index (χ2n) is 5.75. The van der Waals surface area contributed by atoms with Crippen molar-refractivity contribution in [3.8, 4) is 0 Å². The molecule has 0 spiro atoms. The molecule has 0 saturated carbocycles. The van der Waals surface area contributed by atoms with E-state index in [9.17, 15) is 22.3 Å². The lowest BCUT2D eigenvalue weighted by Gasteiger charge is -2.23. The van der Waals surface area contributed by atoms with Crippen molar-refractivity contribution in [2.75, 3.05) is 32.0 Å². The zero-order valence-corrected chi connectivity index (χ0v) is 12.8. The summed E-state index contributed by atoms with van der Waals surface area (Å²) in [5.41, 5.74) is 0. The van der Waals surface area contributed by atoms with Gasteiger partial charge in [0.2, 0.25) is 10.0 Å². The number of ether oxygens (including phenoxy) is 1. The lowest BCUT2D eigenvalue weighted by atomic mass is 10.1. The molecule has 2 aliphatic heterocycles. The highest BCUT2D eigenvalue weighted by Crippen LogP contribution is 2.28. The molecule has 3 atom stereocenters. The van der Waals surface area contributed by atoms with Gasteiger partial charge in [0, 0.05) is 19.5 Å². The van der Waals surface area contributed by atoms with Crippen LogP contribution in [0, 0.1) is 0 Å². The van der Waals surface area contributed by atoms with Crippen molar-refractivity contribution in [2.24, 2.45) is 0 Å². The van der Waals surface area contributed by atoms with Crippen molar-refractivity contribution in [3.63, 3.8) is 0 Å². The number of nitrogens with one attached hydrogen (secondary N) is 1. The first kappa shape index (κ1) is 17.0. The highest BCUT2D eigenvalue weighted by Gasteiger charge is 2.43. The average Bonchev–Trinajstić information content (AvgIpc) is 2.85. The summed E-state index contributed by atoms with van der Waals surface area (Å²) in [6.45, 7) is 1.90. The van der Waals surface area contributed by atoms with Gasteiger partial charge in [-0.15, -0.1) is 0 Å². The van der Waals surface area contributed by atoms with E-state index in [1.54, 1.807) is 6.92 Å². The van der Waals surface area contributed by atoms with Crippen LogP contribution < -0.4 is 4.72 Å². The Morgan fingerprint density at radius 3 is 2.76 bits per heavy atom. The van der Waals surface area contributed by atoms with Gasteiger partial charge in [0.15, 0.2) is 0 Å². The fourth-order valence-electron chi connectivity index (χ4n) is 2.72. The molecular weight excluding hydrogens is 306 g/mol. The molecule has 0 aromatic rings. The van der Waals surface area contributed by atoms with Crippen molar-refractivity contribution in [1.82, 2.24) is 9.62 Å². The second-order valence-corrected chi connectivity index (χ2v) is 7.62. The molecule has 0 radical (unpaired) electrons. The molecule has 2 saturated heterocycles. The zero-order chi connectivity index (χ0) is 15.7. The minimum absolute atomic E-state index is 0.0146. The molecule has 9 heteroatoms. The van der Waals surface area contributed by atoms with Gasteiger partial charge in [-0.2, -0.15) is 0 Å². The standard InChI is InChI=1S/C12H22F2N2O4S/c1-2-5-21(18,19)15-9-7-20-10(11(9)17)6-16-4-3-12(13,14)8-16/h9-11,15,17H,2-8H2,1H3/t9-,10-,11+/m0/s1. The number of sulfonamides is 1. The van der Waals surface area contributed by atoms with Crippen LogP contribution in [0.15, 0.2) is 0 Å². The molecule has 6 nitrogen and oxygen atoms in total. The lowest BCUT2D eigenvalue weighted by molar-refractivity contribution is -0.00722. The van der Waals surface area contributed by atoms with Crippen molar-refractivity contribution >= 4 is 10.0 Å². The van der Waals surface area contributed by atoms with E-state index in [-0.39, 0.29) is 38.4 Å². The summed E-state index contributed by atoms with van der Waals surface area (Å²) >= 11 is 0. The molecule has 0 aromatic heterocycles. The minimum atomic E-state index is -3.44. The third-order valence-electron chi connectivity index (χ3n) is 3.77. The summed E-state index contributed by atoms with van der Waals surface area (Å²) in [6.07, 6.45) is -1.38. The molecule has 2 aliphatic rings. The lowest BCUT2D eigenvalue weighted by Crippen LogP contribution is -2.47. The van der Waals surface area contributed by atoms with Crippen molar-refractivity contribution in [1.29, 1.82) is 0 Å². The molecule has 0 aliphatic carbocycles. The fourth-order valence-corrected chi connectivity index (χ4v) is 4.05. The average molecular weight is 328 g/mol. The van der Waals surface area contributed by atoms with E-state index in [0.717, 1.165) is 0 Å². The largest absolute Gasteiger partial charge is 0.389 e. The maximum atomic E-state index is 13.1. The quantitative estimate of drug-likeness (QED) is 0.705. The topological polar surface area (TPSA) is 78.9 Å². The van der Waals surface area contributed by atoms with Crippen LogP contribution in [-0.4, -0.2) is 74.6 Å². The summed E-state index contributed by atoms with van der Waals surface area (Å²) < 4.78 is 57.4. The van der Waals surface area contributed by atoms with Crippen LogP contribution in [0.5, 0.6) is 0 Å². The first-order valence-electron chi connectivity index (χ1n) is 7.12. The molecule has 2 heterocycles. The summed E-state index contributed by atoms with van der Waals surface area (Å²) in [4.78, 5) is 1.54. The number of halogens is 2. The van der Waals surface area contributed by atoms with Gasteiger partial charge in [0.1, 0.15) is 0 Å². The van der Waals surface area contributed by atoms with Crippen LogP contribution >= 0.6 is 0 Å². The Bertz CT molecular complexity index is 460. The van der Waals surface area contributed by atoms with Gasteiger partial charge < -0.3 is 9.84 Å². The number of aliphatic hydroxyl groups is 1. The number of aliphatic hydroxyl groups excluding tert-OH is 1. The first-order valence-corrected chi connectivity index (χ1v) is 8.77. The minimum Gasteiger partial charge on any atom is -0.389 e. The molecule has 2 N–H and O–H groups in total. The number of nitrogens with zero attached hydrogens (tertiary/aromatic N) is 1. The van der Waals surface area contributed by atoms with Gasteiger partial charge >= 0.3 is 0 Å². The Morgan fingerprint density at radius 2 is 2.19 bits per heavy atom. The highest BCUT2D eigenvalue weighted by atomic mass is 32.2. The van der Waals surface area contributed by atoms with E-state index in [2.05, 4.69) is 4.72 Å². The van der Waals surface area contributed by atoms with Gasteiger partial charge in [-0.25, -0.2) is 21.9 Å². The maximum absolute atomic E-state index is 13.1. The van der Waals surface area contributed by atoms with E-state index in [1.807, 2.05) is 0 Å². The first-order chi connectivity index (χ1) is 9.72. The maximum Gasteiger partial charge on any atom is 0.261 e. The molecule has 0 unspecified atom stereocenters. The number of hydrogen-bond donors (Lipinski definition) is 2. The molecule has 124 valence electrons. The second kappa shape index (κ2) is 6.41. The Hall–Kier alpha value is -0.350. The molecule has 0 amide bonds. The number of likely N-dealkylation sites (tertiary alicyclic amines) is 1. The number of hydrogen-bond acceptors (Lipinski definition) is 5. The van der Waals surface area contributed by atoms with E-state index >= 15 is 0 Å². The Kier molecular flexibility index (Phi) is 5.19. The summed E-state index contributed by atoms with van der Waals surface area (Å²) in [6, 6.07) is -0.713. The number of rotatable bonds is 6. The van der Waals surface area contributed by atoms with E-state index < -0.39 is 34.2 Å².